The van der Waals surface area contributed by atoms with Gasteiger partial charge in [-0.1, -0.05) is 12.1 Å². The number of rotatable bonds is 5. The fourth-order valence-corrected chi connectivity index (χ4v) is 3.50. The van der Waals surface area contributed by atoms with Crippen molar-refractivity contribution in [3.05, 3.63) is 45.8 Å². The van der Waals surface area contributed by atoms with Crippen LogP contribution in [0.3, 0.4) is 0 Å². The highest BCUT2D eigenvalue weighted by Crippen LogP contribution is 2.28. The highest BCUT2D eigenvalue weighted by atomic mass is 127. The molecule has 0 radical (unpaired) electrons. The van der Waals surface area contributed by atoms with Crippen LogP contribution >= 0.6 is 22.6 Å². The molecule has 2 atom stereocenters. The summed E-state index contributed by atoms with van der Waals surface area (Å²) in [5.41, 5.74) is 1.13. The van der Waals surface area contributed by atoms with Crippen molar-refractivity contribution in [1.29, 1.82) is 0 Å². The molecule has 122 valence electrons. The second-order valence-electron chi connectivity index (χ2n) is 5.96. The van der Waals surface area contributed by atoms with Crippen molar-refractivity contribution in [3.63, 3.8) is 0 Å². The summed E-state index contributed by atoms with van der Waals surface area (Å²) in [5, 5.41) is 4.33. The van der Waals surface area contributed by atoms with E-state index in [0.29, 0.717) is 18.9 Å². The molecule has 1 aliphatic rings. The lowest BCUT2D eigenvalue weighted by Gasteiger charge is -2.25. The van der Waals surface area contributed by atoms with E-state index in [1.54, 1.807) is 7.11 Å². The van der Waals surface area contributed by atoms with Crippen LogP contribution in [0.4, 0.5) is 0 Å². The normalized spacial score (nSPS) is 21.0. The Labute approximate surface area is 149 Å². The standard InChI is InChI=1S/C17H20IN3O2/c1-12-14(10-20-11-15(18)8-19-20)7-17(22)21(12)9-13-3-5-16(23-2)6-4-13/h3-6,8,11-12,14H,7,9-10H2,1-2H3/t12-,14-/m1/s1. The van der Waals surface area contributed by atoms with Crippen LogP contribution in [-0.2, 0) is 17.9 Å². The molecule has 0 aliphatic carbocycles. The average Bonchev–Trinajstić information content (AvgIpc) is 3.07. The van der Waals surface area contributed by atoms with Gasteiger partial charge in [-0.05, 0) is 47.2 Å². The van der Waals surface area contributed by atoms with E-state index < -0.39 is 0 Å². The number of hydrogen-bond acceptors (Lipinski definition) is 3. The largest absolute Gasteiger partial charge is 0.497 e. The quantitative estimate of drug-likeness (QED) is 0.693. The summed E-state index contributed by atoms with van der Waals surface area (Å²) in [6, 6.07) is 8.11. The predicted octanol–water partition coefficient (Wildman–Crippen LogP) is 2.93. The third-order valence-electron chi connectivity index (χ3n) is 4.47. The first kappa shape index (κ1) is 16.3. The van der Waals surface area contributed by atoms with Crippen LogP contribution in [0.1, 0.15) is 18.9 Å². The van der Waals surface area contributed by atoms with E-state index in [4.69, 9.17) is 4.74 Å². The molecule has 1 saturated heterocycles. The highest BCUT2D eigenvalue weighted by Gasteiger charge is 2.36. The summed E-state index contributed by atoms with van der Waals surface area (Å²) in [7, 11) is 1.65. The maximum Gasteiger partial charge on any atom is 0.223 e. The summed E-state index contributed by atoms with van der Waals surface area (Å²) in [6.45, 7) is 3.57. The lowest BCUT2D eigenvalue weighted by atomic mass is 10.0. The molecule has 0 unspecified atom stereocenters. The van der Waals surface area contributed by atoms with E-state index in [1.165, 1.54) is 0 Å². The van der Waals surface area contributed by atoms with Crippen molar-refractivity contribution in [1.82, 2.24) is 14.7 Å². The number of nitrogens with zero attached hydrogens (tertiary/aromatic N) is 3. The number of methoxy groups -OCH3 is 1. The van der Waals surface area contributed by atoms with Gasteiger partial charge in [0.25, 0.3) is 0 Å². The maximum atomic E-state index is 12.4. The molecule has 0 spiro atoms. The molecule has 1 aromatic carbocycles. The molecule has 0 bridgehead atoms. The third-order valence-corrected chi connectivity index (χ3v) is 5.02. The molecular formula is C17H20IN3O2. The lowest BCUT2D eigenvalue weighted by molar-refractivity contribution is -0.129. The molecular weight excluding hydrogens is 405 g/mol. The summed E-state index contributed by atoms with van der Waals surface area (Å²) in [4.78, 5) is 14.4. The van der Waals surface area contributed by atoms with Crippen LogP contribution < -0.4 is 4.74 Å². The molecule has 1 amide bonds. The molecule has 0 saturated carbocycles. The summed E-state index contributed by atoms with van der Waals surface area (Å²) in [5.74, 6) is 1.36. The first-order valence-corrected chi connectivity index (χ1v) is 8.75. The Bertz CT molecular complexity index is 683. The molecule has 23 heavy (non-hydrogen) atoms. The Morgan fingerprint density at radius 3 is 2.70 bits per heavy atom. The number of likely N-dealkylation sites (tertiary alicyclic amines) is 1. The summed E-state index contributed by atoms with van der Waals surface area (Å²) >= 11 is 2.25. The van der Waals surface area contributed by atoms with Crippen LogP contribution in [0.5, 0.6) is 5.75 Å². The van der Waals surface area contributed by atoms with Crippen LogP contribution in [0.25, 0.3) is 0 Å². The van der Waals surface area contributed by atoms with Gasteiger partial charge in [-0.3, -0.25) is 9.48 Å². The Hall–Kier alpha value is -1.57. The number of aromatic nitrogens is 2. The van der Waals surface area contributed by atoms with Gasteiger partial charge in [-0.15, -0.1) is 0 Å². The second-order valence-corrected chi connectivity index (χ2v) is 7.20. The van der Waals surface area contributed by atoms with Gasteiger partial charge in [-0.25, -0.2) is 0 Å². The van der Waals surface area contributed by atoms with Gasteiger partial charge in [0, 0.05) is 37.7 Å². The zero-order chi connectivity index (χ0) is 16.4. The number of amides is 1. The zero-order valence-electron chi connectivity index (χ0n) is 13.3. The van der Waals surface area contributed by atoms with Crippen molar-refractivity contribution < 1.29 is 9.53 Å². The SMILES string of the molecule is COc1ccc(CN2C(=O)C[C@H](Cn3cc(I)cn3)[C@H]2C)cc1. The van der Waals surface area contributed by atoms with E-state index in [0.717, 1.165) is 21.4 Å². The Kier molecular flexibility index (Phi) is 4.89. The first-order valence-electron chi connectivity index (χ1n) is 7.67. The predicted molar refractivity (Wildman–Crippen MR) is 96.1 cm³/mol. The molecule has 0 N–H and O–H groups in total. The number of carbonyl (C=O) groups is 1. The van der Waals surface area contributed by atoms with Gasteiger partial charge in [0.2, 0.25) is 5.91 Å². The van der Waals surface area contributed by atoms with Gasteiger partial charge in [0.1, 0.15) is 5.75 Å². The summed E-state index contributed by atoms with van der Waals surface area (Å²) in [6.07, 6.45) is 4.45. The number of ether oxygens (including phenoxy) is 1. The van der Waals surface area contributed by atoms with Crippen LogP contribution in [0.2, 0.25) is 0 Å². The van der Waals surface area contributed by atoms with Crippen LogP contribution in [0.15, 0.2) is 36.7 Å². The van der Waals surface area contributed by atoms with Gasteiger partial charge in [0.15, 0.2) is 0 Å². The van der Waals surface area contributed by atoms with E-state index in [9.17, 15) is 4.79 Å². The van der Waals surface area contributed by atoms with Crippen molar-refractivity contribution in [2.75, 3.05) is 7.11 Å². The molecule has 5 nitrogen and oxygen atoms in total. The van der Waals surface area contributed by atoms with Gasteiger partial charge in [-0.2, -0.15) is 5.10 Å². The van der Waals surface area contributed by atoms with Gasteiger partial charge >= 0.3 is 0 Å². The molecule has 1 aliphatic heterocycles. The van der Waals surface area contributed by atoms with Crippen LogP contribution in [0, 0.1) is 9.49 Å². The Balaban J connectivity index is 1.66. The minimum Gasteiger partial charge on any atom is -0.497 e. The van der Waals surface area contributed by atoms with Crippen molar-refractivity contribution in [3.8, 4) is 5.75 Å². The van der Waals surface area contributed by atoms with Crippen molar-refractivity contribution in [2.24, 2.45) is 5.92 Å². The molecule has 6 heteroatoms. The smallest absolute Gasteiger partial charge is 0.223 e. The van der Waals surface area contributed by atoms with E-state index in [1.807, 2.05) is 46.2 Å². The molecule has 3 rings (SSSR count). The zero-order valence-corrected chi connectivity index (χ0v) is 15.4. The molecule has 2 aromatic rings. The number of carbonyl (C=O) groups excluding carboxylic acids is 1. The number of hydrogen-bond donors (Lipinski definition) is 0. The second kappa shape index (κ2) is 6.90. The van der Waals surface area contributed by atoms with Crippen molar-refractivity contribution >= 4 is 28.5 Å². The third kappa shape index (κ3) is 3.68. The highest BCUT2D eigenvalue weighted by molar-refractivity contribution is 14.1. The molecule has 1 fully saturated rings. The van der Waals surface area contributed by atoms with E-state index >= 15 is 0 Å². The Morgan fingerprint density at radius 2 is 2.09 bits per heavy atom. The number of benzene rings is 1. The molecule has 2 heterocycles. The first-order chi connectivity index (χ1) is 11.1. The average molecular weight is 425 g/mol. The lowest BCUT2D eigenvalue weighted by Crippen LogP contribution is -2.33. The van der Waals surface area contributed by atoms with Gasteiger partial charge < -0.3 is 9.64 Å². The maximum absolute atomic E-state index is 12.4. The Morgan fingerprint density at radius 1 is 1.35 bits per heavy atom. The fourth-order valence-electron chi connectivity index (χ4n) is 3.05. The van der Waals surface area contributed by atoms with Gasteiger partial charge in [0.05, 0.1) is 16.9 Å². The molecule has 1 aromatic heterocycles. The van der Waals surface area contributed by atoms with E-state index in [-0.39, 0.29) is 11.9 Å². The number of halogens is 1. The minimum absolute atomic E-state index is 0.214. The topological polar surface area (TPSA) is 47.4 Å². The van der Waals surface area contributed by atoms with Crippen molar-refractivity contribution in [2.45, 2.75) is 32.5 Å². The summed E-state index contributed by atoms with van der Waals surface area (Å²) < 4.78 is 8.23. The fraction of sp³-hybridized carbons (Fsp3) is 0.412. The van der Waals surface area contributed by atoms with E-state index in [2.05, 4.69) is 34.6 Å². The van der Waals surface area contributed by atoms with Crippen LogP contribution in [-0.4, -0.2) is 33.7 Å². The minimum atomic E-state index is 0.214. The monoisotopic (exact) mass is 425 g/mol.